The molecule has 0 bridgehead atoms. The van der Waals surface area contributed by atoms with Crippen LogP contribution in [0.2, 0.25) is 5.02 Å². The van der Waals surface area contributed by atoms with Gasteiger partial charge < -0.3 is 10.1 Å². The maximum atomic E-state index is 13.9. The SMILES string of the molecule is CCCNC(Cc1cc(Cl)ccc1F)C1(C)CCCO1. The molecular formula is C16H23ClFNO. The Hall–Kier alpha value is -0.640. The molecule has 0 amide bonds. The largest absolute Gasteiger partial charge is 0.374 e. The van der Waals surface area contributed by atoms with Crippen molar-refractivity contribution in [1.82, 2.24) is 5.32 Å². The van der Waals surface area contributed by atoms with Crippen molar-refractivity contribution in [3.63, 3.8) is 0 Å². The molecule has 4 heteroatoms. The lowest BCUT2D eigenvalue weighted by molar-refractivity contribution is -0.0116. The van der Waals surface area contributed by atoms with Gasteiger partial charge in [-0.3, -0.25) is 0 Å². The van der Waals surface area contributed by atoms with Crippen molar-refractivity contribution in [2.45, 2.75) is 51.2 Å². The van der Waals surface area contributed by atoms with Crippen molar-refractivity contribution in [2.24, 2.45) is 0 Å². The van der Waals surface area contributed by atoms with Gasteiger partial charge in [-0.25, -0.2) is 4.39 Å². The average molecular weight is 300 g/mol. The Morgan fingerprint density at radius 1 is 1.50 bits per heavy atom. The van der Waals surface area contributed by atoms with Crippen LogP contribution in [-0.4, -0.2) is 24.8 Å². The summed E-state index contributed by atoms with van der Waals surface area (Å²) in [7, 11) is 0. The van der Waals surface area contributed by atoms with Gasteiger partial charge in [0.2, 0.25) is 0 Å². The average Bonchev–Trinajstić information content (AvgIpc) is 2.86. The summed E-state index contributed by atoms with van der Waals surface area (Å²) in [4.78, 5) is 0. The first kappa shape index (κ1) is 15.7. The predicted octanol–water partition coefficient (Wildman–Crippen LogP) is 3.96. The highest BCUT2D eigenvalue weighted by molar-refractivity contribution is 6.30. The lowest BCUT2D eigenvalue weighted by Crippen LogP contribution is -2.50. The van der Waals surface area contributed by atoms with E-state index < -0.39 is 0 Å². The standard InChI is InChI=1S/C16H23ClFNO/c1-3-8-19-15(16(2)7-4-9-20-16)11-12-10-13(17)5-6-14(12)18/h5-6,10,15,19H,3-4,7-9,11H2,1-2H3. The van der Waals surface area contributed by atoms with Crippen molar-refractivity contribution in [3.8, 4) is 0 Å². The van der Waals surface area contributed by atoms with E-state index in [4.69, 9.17) is 16.3 Å². The second-order valence-corrected chi connectivity index (χ2v) is 6.15. The zero-order chi connectivity index (χ0) is 14.6. The molecule has 0 radical (unpaired) electrons. The number of ether oxygens (including phenoxy) is 1. The monoisotopic (exact) mass is 299 g/mol. The fourth-order valence-corrected chi connectivity index (χ4v) is 3.01. The minimum Gasteiger partial charge on any atom is -0.374 e. The molecule has 1 aliphatic heterocycles. The van der Waals surface area contributed by atoms with Crippen LogP contribution in [0.3, 0.4) is 0 Å². The maximum absolute atomic E-state index is 13.9. The molecule has 1 heterocycles. The van der Waals surface area contributed by atoms with E-state index in [1.165, 1.54) is 6.07 Å². The van der Waals surface area contributed by atoms with Crippen LogP contribution < -0.4 is 5.32 Å². The van der Waals surface area contributed by atoms with Gasteiger partial charge in [-0.2, -0.15) is 0 Å². The molecule has 0 aliphatic carbocycles. The number of hydrogen-bond donors (Lipinski definition) is 1. The molecular weight excluding hydrogens is 277 g/mol. The van der Waals surface area contributed by atoms with Gasteiger partial charge in [0.15, 0.2) is 0 Å². The van der Waals surface area contributed by atoms with Crippen LogP contribution in [0.15, 0.2) is 18.2 Å². The smallest absolute Gasteiger partial charge is 0.126 e. The number of halogens is 2. The quantitative estimate of drug-likeness (QED) is 0.858. The van der Waals surface area contributed by atoms with E-state index >= 15 is 0 Å². The Bertz CT molecular complexity index is 446. The summed E-state index contributed by atoms with van der Waals surface area (Å²) in [5.41, 5.74) is 0.437. The fourth-order valence-electron chi connectivity index (χ4n) is 2.82. The number of nitrogens with one attached hydrogen (secondary N) is 1. The van der Waals surface area contributed by atoms with Crippen LogP contribution in [0.25, 0.3) is 0 Å². The number of rotatable bonds is 6. The first-order valence-corrected chi connectivity index (χ1v) is 7.74. The summed E-state index contributed by atoms with van der Waals surface area (Å²) in [6.45, 7) is 5.95. The third kappa shape index (κ3) is 3.72. The van der Waals surface area contributed by atoms with E-state index in [0.29, 0.717) is 17.0 Å². The molecule has 0 aromatic heterocycles. The second kappa shape index (κ2) is 6.88. The molecule has 2 nitrogen and oxygen atoms in total. The van der Waals surface area contributed by atoms with Gasteiger partial charge in [0.05, 0.1) is 5.60 Å². The highest BCUT2D eigenvalue weighted by atomic mass is 35.5. The second-order valence-electron chi connectivity index (χ2n) is 5.71. The minimum absolute atomic E-state index is 0.109. The topological polar surface area (TPSA) is 21.3 Å². The molecule has 2 unspecified atom stereocenters. The van der Waals surface area contributed by atoms with Crippen molar-refractivity contribution in [2.75, 3.05) is 13.2 Å². The van der Waals surface area contributed by atoms with E-state index in [2.05, 4.69) is 19.2 Å². The van der Waals surface area contributed by atoms with E-state index in [-0.39, 0.29) is 17.5 Å². The summed E-state index contributed by atoms with van der Waals surface area (Å²) >= 11 is 5.98. The summed E-state index contributed by atoms with van der Waals surface area (Å²) in [5.74, 6) is -0.195. The summed E-state index contributed by atoms with van der Waals surface area (Å²) in [6, 6.07) is 4.85. The first-order valence-electron chi connectivity index (χ1n) is 7.36. The molecule has 1 aromatic carbocycles. The van der Waals surface area contributed by atoms with Crippen molar-refractivity contribution in [1.29, 1.82) is 0 Å². The normalized spacial score (nSPS) is 24.0. The molecule has 112 valence electrons. The Labute approximate surface area is 125 Å². The molecule has 1 aliphatic rings. The van der Waals surface area contributed by atoms with E-state index in [1.54, 1.807) is 12.1 Å². The minimum atomic E-state index is -0.218. The molecule has 2 rings (SSSR count). The van der Waals surface area contributed by atoms with Gasteiger partial charge in [-0.1, -0.05) is 18.5 Å². The first-order chi connectivity index (χ1) is 9.55. The Morgan fingerprint density at radius 3 is 2.95 bits per heavy atom. The summed E-state index contributed by atoms with van der Waals surface area (Å²) in [6.07, 6.45) is 3.73. The summed E-state index contributed by atoms with van der Waals surface area (Å²) < 4.78 is 19.9. The van der Waals surface area contributed by atoms with Crippen LogP contribution in [-0.2, 0) is 11.2 Å². The highest BCUT2D eigenvalue weighted by Crippen LogP contribution is 2.31. The lowest BCUT2D eigenvalue weighted by Gasteiger charge is -2.34. The Balaban J connectivity index is 2.16. The molecule has 1 N–H and O–H groups in total. The summed E-state index contributed by atoms with van der Waals surface area (Å²) in [5, 5.41) is 4.09. The molecule has 20 heavy (non-hydrogen) atoms. The van der Waals surface area contributed by atoms with Crippen molar-refractivity contribution < 1.29 is 9.13 Å². The predicted molar refractivity (Wildman–Crippen MR) is 80.8 cm³/mol. The maximum Gasteiger partial charge on any atom is 0.126 e. The van der Waals surface area contributed by atoms with Crippen LogP contribution in [0, 0.1) is 5.82 Å². The van der Waals surface area contributed by atoms with Crippen LogP contribution >= 0.6 is 11.6 Å². The van der Waals surface area contributed by atoms with Gasteiger partial charge in [0.25, 0.3) is 0 Å². The van der Waals surface area contributed by atoms with Gasteiger partial charge in [0, 0.05) is 17.7 Å². The van der Waals surface area contributed by atoms with Gasteiger partial charge in [0.1, 0.15) is 5.82 Å². The third-order valence-electron chi connectivity index (χ3n) is 4.06. The highest BCUT2D eigenvalue weighted by Gasteiger charge is 2.38. The van der Waals surface area contributed by atoms with E-state index in [9.17, 15) is 4.39 Å². The number of benzene rings is 1. The zero-order valence-corrected chi connectivity index (χ0v) is 13.0. The molecule has 2 atom stereocenters. The third-order valence-corrected chi connectivity index (χ3v) is 4.29. The fraction of sp³-hybridized carbons (Fsp3) is 0.625. The van der Waals surface area contributed by atoms with E-state index in [1.807, 2.05) is 0 Å². The molecule has 0 saturated carbocycles. The van der Waals surface area contributed by atoms with Gasteiger partial charge in [-0.15, -0.1) is 0 Å². The lowest BCUT2D eigenvalue weighted by atomic mass is 9.88. The molecule has 1 fully saturated rings. The van der Waals surface area contributed by atoms with Crippen LogP contribution in [0.4, 0.5) is 4.39 Å². The van der Waals surface area contributed by atoms with Crippen molar-refractivity contribution in [3.05, 3.63) is 34.6 Å². The van der Waals surface area contributed by atoms with Crippen LogP contribution in [0.5, 0.6) is 0 Å². The molecule has 0 spiro atoms. The Kier molecular flexibility index (Phi) is 5.42. The van der Waals surface area contributed by atoms with Crippen LogP contribution in [0.1, 0.15) is 38.7 Å². The molecule has 1 aromatic rings. The zero-order valence-electron chi connectivity index (χ0n) is 12.2. The van der Waals surface area contributed by atoms with Gasteiger partial charge in [-0.05, 0) is 62.9 Å². The Morgan fingerprint density at radius 2 is 2.30 bits per heavy atom. The van der Waals surface area contributed by atoms with Crippen molar-refractivity contribution >= 4 is 11.6 Å². The van der Waals surface area contributed by atoms with E-state index in [0.717, 1.165) is 32.4 Å². The molecule has 1 saturated heterocycles. The van der Waals surface area contributed by atoms with Gasteiger partial charge >= 0.3 is 0 Å². The number of hydrogen-bond acceptors (Lipinski definition) is 2.